The Labute approximate surface area is 166 Å². The summed E-state index contributed by atoms with van der Waals surface area (Å²) in [5, 5.41) is 5.82. The molecule has 0 bridgehead atoms. The van der Waals surface area contributed by atoms with Crippen LogP contribution in [0.5, 0.6) is 0 Å². The molecule has 2 aliphatic heterocycles. The van der Waals surface area contributed by atoms with Crippen molar-refractivity contribution in [2.75, 3.05) is 6.54 Å². The monoisotopic (exact) mass is 399 g/mol. The Kier molecular flexibility index (Phi) is 4.10. The van der Waals surface area contributed by atoms with Crippen LogP contribution < -0.4 is 16.1 Å². The third-order valence-corrected chi connectivity index (χ3v) is 5.93. The number of hydrogen-bond donors (Lipinski definition) is 3. The highest BCUT2D eigenvalue weighted by atomic mass is 16.2. The number of carbonyl (C=O) groups excluding carboxylic acids is 5. The lowest BCUT2D eigenvalue weighted by Gasteiger charge is -2.22. The average Bonchev–Trinajstić information content (AvgIpc) is 3.26. The van der Waals surface area contributed by atoms with Gasteiger partial charge in [-0.2, -0.15) is 5.01 Å². The van der Waals surface area contributed by atoms with Gasteiger partial charge in [-0.25, -0.2) is 9.59 Å². The second kappa shape index (κ2) is 6.29. The molecule has 1 aromatic rings. The van der Waals surface area contributed by atoms with Gasteiger partial charge in [-0.1, -0.05) is 31.2 Å². The smallest absolute Gasteiger partial charge is 0.322 e. The minimum absolute atomic E-state index is 0.346. The van der Waals surface area contributed by atoms with Gasteiger partial charge in [0.05, 0.1) is 0 Å². The predicted molar refractivity (Wildman–Crippen MR) is 98.9 cm³/mol. The second-order valence-corrected chi connectivity index (χ2v) is 7.68. The first-order valence-electron chi connectivity index (χ1n) is 9.40. The fourth-order valence-electron chi connectivity index (χ4n) is 4.06. The summed E-state index contributed by atoms with van der Waals surface area (Å²) >= 11 is 0. The standard InChI is InChI=1S/C19H21N5O5/c1-3-18(2)14(26)24(17(29)20-18)22-13(25)10-23-15(27)19(21-16(23)28)9-8-11-6-4-5-7-12(11)19/h4-7H,3,8-10H2,1-2H3,(H,20,29)(H,21,28)(H,22,25)/t18-,19+/m1/s1. The van der Waals surface area contributed by atoms with Crippen LogP contribution in [0.25, 0.3) is 0 Å². The highest BCUT2D eigenvalue weighted by Gasteiger charge is 2.56. The second-order valence-electron chi connectivity index (χ2n) is 7.68. The topological polar surface area (TPSA) is 128 Å². The molecule has 10 heteroatoms. The molecule has 7 amide bonds. The van der Waals surface area contributed by atoms with E-state index in [1.54, 1.807) is 26.0 Å². The van der Waals surface area contributed by atoms with Crippen molar-refractivity contribution < 1.29 is 24.0 Å². The van der Waals surface area contributed by atoms with Gasteiger partial charge >= 0.3 is 12.1 Å². The maximum absolute atomic E-state index is 13.1. The molecule has 3 N–H and O–H groups in total. The number of carbonyl (C=O) groups is 5. The van der Waals surface area contributed by atoms with E-state index in [4.69, 9.17) is 0 Å². The van der Waals surface area contributed by atoms with Crippen molar-refractivity contribution in [2.24, 2.45) is 0 Å². The number of rotatable bonds is 4. The zero-order valence-corrected chi connectivity index (χ0v) is 16.1. The van der Waals surface area contributed by atoms with Crippen molar-refractivity contribution in [2.45, 2.75) is 44.2 Å². The molecular weight excluding hydrogens is 378 g/mol. The van der Waals surface area contributed by atoms with Crippen LogP contribution >= 0.6 is 0 Å². The summed E-state index contributed by atoms with van der Waals surface area (Å²) in [5.41, 5.74) is 1.62. The van der Waals surface area contributed by atoms with Gasteiger partial charge < -0.3 is 10.6 Å². The van der Waals surface area contributed by atoms with E-state index in [2.05, 4.69) is 16.1 Å². The Morgan fingerprint density at radius 3 is 2.52 bits per heavy atom. The molecule has 2 heterocycles. The first-order valence-corrected chi connectivity index (χ1v) is 9.40. The van der Waals surface area contributed by atoms with Crippen LogP contribution in [0, 0.1) is 0 Å². The molecule has 1 aromatic carbocycles. The molecule has 2 fully saturated rings. The normalized spacial score (nSPS) is 28.1. The summed E-state index contributed by atoms with van der Waals surface area (Å²) < 4.78 is 0. The van der Waals surface area contributed by atoms with Crippen molar-refractivity contribution >= 4 is 29.8 Å². The van der Waals surface area contributed by atoms with Gasteiger partial charge in [0.25, 0.3) is 17.7 Å². The van der Waals surface area contributed by atoms with E-state index >= 15 is 0 Å². The summed E-state index contributed by atoms with van der Waals surface area (Å²) in [4.78, 5) is 63.2. The Morgan fingerprint density at radius 2 is 1.83 bits per heavy atom. The summed E-state index contributed by atoms with van der Waals surface area (Å²) in [6.45, 7) is 2.68. The van der Waals surface area contributed by atoms with Crippen LogP contribution in [0.15, 0.2) is 24.3 Å². The number of urea groups is 2. The third kappa shape index (κ3) is 2.66. The fraction of sp³-hybridized carbons (Fsp3) is 0.421. The number of hydrazine groups is 1. The SMILES string of the molecule is CC[C@@]1(C)NC(=O)N(NC(=O)CN2C(=O)N[C@]3(CCc4ccccc43)C2=O)C1=O. The molecule has 0 unspecified atom stereocenters. The van der Waals surface area contributed by atoms with Crippen molar-refractivity contribution in [3.8, 4) is 0 Å². The lowest BCUT2D eigenvalue weighted by molar-refractivity contribution is -0.140. The fourth-order valence-corrected chi connectivity index (χ4v) is 4.06. The molecular formula is C19H21N5O5. The van der Waals surface area contributed by atoms with Crippen LogP contribution in [0.3, 0.4) is 0 Å². The third-order valence-electron chi connectivity index (χ3n) is 5.93. The van der Waals surface area contributed by atoms with Crippen molar-refractivity contribution in [3.63, 3.8) is 0 Å². The van der Waals surface area contributed by atoms with E-state index in [-0.39, 0.29) is 0 Å². The summed E-state index contributed by atoms with van der Waals surface area (Å²) in [7, 11) is 0. The lowest BCUT2D eigenvalue weighted by atomic mass is 9.92. The van der Waals surface area contributed by atoms with Gasteiger partial charge in [-0.3, -0.25) is 24.7 Å². The number of hydrogen-bond acceptors (Lipinski definition) is 5. The molecule has 3 aliphatic rings. The Bertz CT molecular complexity index is 962. The predicted octanol–water partition coefficient (Wildman–Crippen LogP) is 0.132. The van der Waals surface area contributed by atoms with E-state index in [0.717, 1.165) is 16.0 Å². The minimum Gasteiger partial charge on any atom is -0.322 e. The van der Waals surface area contributed by atoms with E-state index in [1.165, 1.54) is 0 Å². The van der Waals surface area contributed by atoms with Crippen molar-refractivity contribution in [1.82, 2.24) is 26.0 Å². The van der Waals surface area contributed by atoms with Gasteiger partial charge in [0.15, 0.2) is 0 Å². The highest BCUT2D eigenvalue weighted by Crippen LogP contribution is 2.41. The first-order chi connectivity index (χ1) is 13.7. The van der Waals surface area contributed by atoms with Crippen molar-refractivity contribution in [3.05, 3.63) is 35.4 Å². The molecule has 2 saturated heterocycles. The Balaban J connectivity index is 1.49. The summed E-state index contributed by atoms with van der Waals surface area (Å²) in [6, 6.07) is 5.92. The van der Waals surface area contributed by atoms with Crippen LogP contribution in [-0.4, -0.2) is 51.8 Å². The number of nitrogens with zero attached hydrogens (tertiary/aromatic N) is 2. The molecule has 0 radical (unpaired) electrons. The molecule has 10 nitrogen and oxygen atoms in total. The van der Waals surface area contributed by atoms with E-state index in [1.807, 2.05) is 12.1 Å². The number of benzene rings is 1. The van der Waals surface area contributed by atoms with Gasteiger partial charge in [0.2, 0.25) is 0 Å². The van der Waals surface area contributed by atoms with Crippen LogP contribution in [0.2, 0.25) is 0 Å². The number of fused-ring (bicyclic) bond motifs is 2. The molecule has 2 atom stereocenters. The van der Waals surface area contributed by atoms with Crippen molar-refractivity contribution in [1.29, 1.82) is 0 Å². The number of amides is 7. The summed E-state index contributed by atoms with van der Waals surface area (Å²) in [6.07, 6.45) is 1.40. The van der Waals surface area contributed by atoms with Gasteiger partial charge in [0, 0.05) is 0 Å². The van der Waals surface area contributed by atoms with Crippen LogP contribution in [0.4, 0.5) is 9.59 Å². The first kappa shape index (κ1) is 18.9. The number of aryl methyl sites for hydroxylation is 1. The molecule has 4 rings (SSSR count). The molecule has 29 heavy (non-hydrogen) atoms. The average molecular weight is 399 g/mol. The Hall–Kier alpha value is -3.43. The zero-order valence-electron chi connectivity index (χ0n) is 16.1. The maximum Gasteiger partial charge on any atom is 0.344 e. The number of imide groups is 2. The molecule has 0 saturated carbocycles. The summed E-state index contributed by atoms with van der Waals surface area (Å²) in [5.74, 6) is -1.93. The molecule has 1 spiro atoms. The van der Waals surface area contributed by atoms with Gasteiger partial charge in [-0.15, -0.1) is 0 Å². The van der Waals surface area contributed by atoms with E-state index < -0.39 is 47.4 Å². The van der Waals surface area contributed by atoms with Gasteiger partial charge in [-0.05, 0) is 37.3 Å². The van der Waals surface area contributed by atoms with E-state index in [9.17, 15) is 24.0 Å². The number of nitrogens with one attached hydrogen (secondary N) is 3. The van der Waals surface area contributed by atoms with Gasteiger partial charge in [0.1, 0.15) is 17.6 Å². The largest absolute Gasteiger partial charge is 0.344 e. The quantitative estimate of drug-likeness (QED) is 0.620. The zero-order chi connectivity index (χ0) is 21.0. The molecule has 1 aliphatic carbocycles. The van der Waals surface area contributed by atoms with E-state index in [0.29, 0.717) is 24.3 Å². The Morgan fingerprint density at radius 1 is 1.10 bits per heavy atom. The lowest BCUT2D eigenvalue weighted by Crippen LogP contribution is -2.52. The van der Waals surface area contributed by atoms with Crippen LogP contribution in [-0.2, 0) is 26.3 Å². The minimum atomic E-state index is -1.17. The maximum atomic E-state index is 13.1. The molecule has 0 aromatic heterocycles. The highest BCUT2D eigenvalue weighted by molar-refractivity contribution is 6.11. The molecule has 152 valence electrons. The van der Waals surface area contributed by atoms with Crippen LogP contribution in [0.1, 0.15) is 37.8 Å².